The van der Waals surface area contributed by atoms with Gasteiger partial charge in [0.1, 0.15) is 0 Å². The van der Waals surface area contributed by atoms with Crippen molar-refractivity contribution in [3.63, 3.8) is 0 Å². The summed E-state index contributed by atoms with van der Waals surface area (Å²) in [5.74, 6) is 0.0917. The monoisotopic (exact) mass is 951 g/mol. The minimum Gasteiger partial charge on any atom is -0.309 e. The van der Waals surface area contributed by atoms with Crippen LogP contribution in [0.4, 0.5) is 0 Å². The Labute approximate surface area is 427 Å². The number of hydrogen-bond donors (Lipinski definition) is 0. The maximum Gasteiger partial charge on any atom is 0.0820 e. The number of thiophene rings is 1. The number of nitrogens with zero attached hydrogens (tertiary/aromatic N) is 3. The third-order valence-electron chi connectivity index (χ3n) is 16.0. The molecule has 3 nitrogen and oxygen atoms in total. The number of aromatic nitrogens is 2. The molecule has 1 aliphatic rings. The highest BCUT2D eigenvalue weighted by molar-refractivity contribution is 7.27. The second-order valence-electron chi connectivity index (χ2n) is 19.9. The van der Waals surface area contributed by atoms with Crippen LogP contribution in [-0.2, 0) is 0 Å². The van der Waals surface area contributed by atoms with E-state index in [0.717, 1.165) is 24.9 Å². The van der Waals surface area contributed by atoms with Crippen molar-refractivity contribution >= 4 is 119 Å². The molecule has 0 fully saturated rings. The first-order valence-electron chi connectivity index (χ1n) is 25.8. The molecule has 0 saturated heterocycles. The van der Waals surface area contributed by atoms with Gasteiger partial charge in [0.05, 0.1) is 28.1 Å². The Morgan fingerprint density at radius 1 is 0.438 bits per heavy atom. The molecule has 14 aromatic rings. The number of benzene rings is 11. The highest BCUT2D eigenvalue weighted by atomic mass is 32.1. The molecule has 3 aromatic heterocycles. The first-order chi connectivity index (χ1) is 36.2. The maximum absolute atomic E-state index is 6.08. The summed E-state index contributed by atoms with van der Waals surface area (Å²) in [7, 11) is 0. The second-order valence-corrected chi connectivity index (χ2v) is 20.9. The molecule has 0 aliphatic carbocycles. The Bertz CT molecular complexity index is 4610. The fourth-order valence-electron chi connectivity index (χ4n) is 12.7. The number of para-hydroxylation sites is 2. The lowest BCUT2D eigenvalue weighted by Crippen LogP contribution is -2.18. The van der Waals surface area contributed by atoms with Crippen LogP contribution in [0.5, 0.6) is 0 Å². The van der Waals surface area contributed by atoms with Crippen molar-refractivity contribution in [2.24, 2.45) is 10.9 Å². The minimum atomic E-state index is -0.120. The number of fused-ring (bicyclic) bond motifs is 14. The summed E-state index contributed by atoms with van der Waals surface area (Å²) in [6.45, 7) is 2.38. The zero-order valence-corrected chi connectivity index (χ0v) is 41.3. The van der Waals surface area contributed by atoms with Gasteiger partial charge in [0.25, 0.3) is 0 Å². The third kappa shape index (κ3) is 6.53. The molecule has 11 aromatic carbocycles. The van der Waals surface area contributed by atoms with Crippen molar-refractivity contribution in [3.8, 4) is 11.4 Å². The molecule has 73 heavy (non-hydrogen) atoms. The van der Waals surface area contributed by atoms with Crippen LogP contribution in [0.1, 0.15) is 48.9 Å². The average Bonchev–Trinajstić information content (AvgIpc) is 4.11. The van der Waals surface area contributed by atoms with Crippen LogP contribution in [-0.4, -0.2) is 14.8 Å². The van der Waals surface area contributed by atoms with E-state index < -0.39 is 0 Å². The van der Waals surface area contributed by atoms with E-state index in [1.54, 1.807) is 0 Å². The van der Waals surface area contributed by atoms with Gasteiger partial charge < -0.3 is 9.13 Å². The molecular weight excluding hydrogens is 903 g/mol. The summed E-state index contributed by atoms with van der Waals surface area (Å²) in [6, 6.07) is 83.4. The molecule has 0 radical (unpaired) electrons. The smallest absolute Gasteiger partial charge is 0.0820 e. The molecule has 0 spiro atoms. The Morgan fingerprint density at radius 2 is 1.08 bits per heavy atom. The standard InChI is InChI=1S/C69H49N3S/c1-2-50-53(30-17-32-60(70-67(50)45-21-5-3-6-22-45)55-31-18-34-62-66(55)56-29-15-16-33-61(56)71(62)48-25-7-4-8-26-48)57-41-49(42-58-54-37-35-44-20-12-14-28-52(44)68(54)73-69(57)58)72-63-38-36-43-19-11-13-27-51(43)65(63)59-39-46-23-9-10-24-47(46)40-64(59)72/h3-16,18-31,33-42,50,67H,2,17,32H2,1H3/b53-30+,70-60?. The number of allylic oxidation sites excluding steroid dienone is 1. The number of rotatable bonds is 6. The van der Waals surface area contributed by atoms with E-state index in [2.05, 4.69) is 247 Å². The second kappa shape index (κ2) is 16.8. The van der Waals surface area contributed by atoms with Crippen molar-refractivity contribution < 1.29 is 0 Å². The predicted molar refractivity (Wildman–Crippen MR) is 314 cm³/mol. The molecule has 4 heterocycles. The van der Waals surface area contributed by atoms with E-state index in [1.807, 2.05) is 11.3 Å². The van der Waals surface area contributed by atoms with Gasteiger partial charge in [-0.2, -0.15) is 0 Å². The Morgan fingerprint density at radius 3 is 1.89 bits per heavy atom. The van der Waals surface area contributed by atoms with Crippen LogP contribution in [0.3, 0.4) is 0 Å². The fraction of sp³-hybridized carbons (Fsp3) is 0.0870. The van der Waals surface area contributed by atoms with Crippen LogP contribution in [0.25, 0.3) is 113 Å². The minimum absolute atomic E-state index is 0.0917. The summed E-state index contributed by atoms with van der Waals surface area (Å²) >= 11 is 1.96. The van der Waals surface area contributed by atoms with Crippen LogP contribution >= 0.6 is 11.3 Å². The van der Waals surface area contributed by atoms with Crippen molar-refractivity contribution in [1.82, 2.24) is 9.13 Å². The van der Waals surface area contributed by atoms with Gasteiger partial charge in [-0.1, -0.05) is 183 Å². The van der Waals surface area contributed by atoms with E-state index in [9.17, 15) is 0 Å². The molecule has 4 heteroatoms. The van der Waals surface area contributed by atoms with E-state index in [-0.39, 0.29) is 12.0 Å². The van der Waals surface area contributed by atoms with Gasteiger partial charge >= 0.3 is 0 Å². The maximum atomic E-state index is 6.08. The summed E-state index contributed by atoms with van der Waals surface area (Å²) in [6.07, 6.45) is 5.22. The number of aliphatic imine (C=N–C) groups is 1. The molecule has 346 valence electrons. The SMILES string of the molecule is CCC1/C(c2cc(-n3c4cc5ccccc5cc4c4c5ccccc5ccc43)cc3c2sc2c4ccccc4ccc32)=C\CCC(c2cccc3c2c2ccccc2n3-c2ccccc2)=NC1c1ccccc1. The normalized spacial score (nSPS) is 16.3. The quantitative estimate of drug-likeness (QED) is 0.158. The molecule has 2 atom stereocenters. The van der Waals surface area contributed by atoms with E-state index >= 15 is 0 Å². The van der Waals surface area contributed by atoms with Gasteiger partial charge in [-0.05, 0) is 123 Å². The molecular formula is C69H49N3S. The van der Waals surface area contributed by atoms with Gasteiger partial charge in [-0.25, -0.2) is 0 Å². The zero-order chi connectivity index (χ0) is 48.1. The fourth-order valence-corrected chi connectivity index (χ4v) is 14.1. The lowest BCUT2D eigenvalue weighted by Gasteiger charge is -2.30. The van der Waals surface area contributed by atoms with Gasteiger partial charge in [-0.3, -0.25) is 4.99 Å². The van der Waals surface area contributed by atoms with Gasteiger partial charge in [0.15, 0.2) is 0 Å². The Balaban J connectivity index is 0.990. The number of hydrogen-bond acceptors (Lipinski definition) is 2. The molecule has 0 N–H and O–H groups in total. The van der Waals surface area contributed by atoms with Crippen molar-refractivity contribution in [3.05, 3.63) is 247 Å². The Hall–Kier alpha value is -8.57. The predicted octanol–water partition coefficient (Wildman–Crippen LogP) is 19.1. The van der Waals surface area contributed by atoms with Crippen LogP contribution in [0.2, 0.25) is 0 Å². The topological polar surface area (TPSA) is 22.2 Å². The highest BCUT2D eigenvalue weighted by Crippen LogP contribution is 2.50. The lowest BCUT2D eigenvalue weighted by molar-refractivity contribution is 0.520. The van der Waals surface area contributed by atoms with Crippen molar-refractivity contribution in [2.45, 2.75) is 32.2 Å². The molecule has 1 aliphatic heterocycles. The largest absolute Gasteiger partial charge is 0.309 e. The van der Waals surface area contributed by atoms with Crippen LogP contribution in [0, 0.1) is 5.92 Å². The molecule has 0 amide bonds. The van der Waals surface area contributed by atoms with Gasteiger partial charge in [-0.15, -0.1) is 11.3 Å². The van der Waals surface area contributed by atoms with Gasteiger partial charge in [0.2, 0.25) is 0 Å². The molecule has 0 bridgehead atoms. The third-order valence-corrected chi connectivity index (χ3v) is 17.3. The summed E-state index contributed by atoms with van der Waals surface area (Å²) in [4.78, 5) is 6.08. The summed E-state index contributed by atoms with van der Waals surface area (Å²) in [5, 5.41) is 15.3. The average molecular weight is 952 g/mol. The molecule has 2 unspecified atom stereocenters. The van der Waals surface area contributed by atoms with Gasteiger partial charge in [0, 0.05) is 70.3 Å². The lowest BCUT2D eigenvalue weighted by atomic mass is 9.79. The molecule has 0 saturated carbocycles. The first-order valence-corrected chi connectivity index (χ1v) is 26.6. The zero-order valence-electron chi connectivity index (χ0n) is 40.5. The van der Waals surface area contributed by atoms with Crippen molar-refractivity contribution in [1.29, 1.82) is 0 Å². The Kier molecular flexibility index (Phi) is 9.68. The van der Waals surface area contributed by atoms with E-state index in [0.29, 0.717) is 0 Å². The van der Waals surface area contributed by atoms with Crippen LogP contribution in [0.15, 0.2) is 236 Å². The summed E-state index contributed by atoms with van der Waals surface area (Å²) < 4.78 is 7.67. The first kappa shape index (κ1) is 42.1. The van der Waals surface area contributed by atoms with Crippen LogP contribution < -0.4 is 0 Å². The summed E-state index contributed by atoms with van der Waals surface area (Å²) in [5.41, 5.74) is 13.5. The van der Waals surface area contributed by atoms with Crippen molar-refractivity contribution in [2.75, 3.05) is 0 Å². The van der Waals surface area contributed by atoms with E-state index in [1.165, 1.54) is 130 Å². The van der Waals surface area contributed by atoms with E-state index in [4.69, 9.17) is 4.99 Å². The molecule has 15 rings (SSSR count). The highest BCUT2D eigenvalue weighted by Gasteiger charge is 2.31.